The van der Waals surface area contributed by atoms with Crippen LogP contribution in [0.2, 0.25) is 0 Å². The molecule has 0 amide bonds. The van der Waals surface area contributed by atoms with Crippen LogP contribution in [0.1, 0.15) is 38.5 Å². The Morgan fingerprint density at radius 2 is 2.00 bits per heavy atom. The Bertz CT molecular complexity index is 146. The van der Waals surface area contributed by atoms with Crippen LogP contribution in [-0.4, -0.2) is 11.6 Å². The van der Waals surface area contributed by atoms with Crippen molar-refractivity contribution >= 4 is 0 Å². The molecule has 2 atom stereocenters. The van der Waals surface area contributed by atoms with Gasteiger partial charge in [0.1, 0.15) is 0 Å². The van der Waals surface area contributed by atoms with E-state index in [0.717, 1.165) is 12.0 Å². The molecule has 10 heavy (non-hydrogen) atoms. The number of rotatable bonds is 0. The molecule has 1 N–H and O–H groups in total. The van der Waals surface area contributed by atoms with Gasteiger partial charge in [-0.25, -0.2) is 0 Å². The lowest BCUT2D eigenvalue weighted by atomic mass is 9.94. The van der Waals surface area contributed by atoms with Crippen molar-refractivity contribution in [3.8, 4) is 0 Å². The van der Waals surface area contributed by atoms with Crippen LogP contribution in [0.5, 0.6) is 0 Å². The zero-order chi connectivity index (χ0) is 6.60. The third-order valence-electron chi connectivity index (χ3n) is 3.63. The Labute approximate surface area is 62.2 Å². The summed E-state index contributed by atoms with van der Waals surface area (Å²) >= 11 is 0. The van der Waals surface area contributed by atoms with E-state index < -0.39 is 0 Å². The molecule has 0 radical (unpaired) electrons. The van der Waals surface area contributed by atoms with Crippen LogP contribution in [0.4, 0.5) is 0 Å². The van der Waals surface area contributed by atoms with Gasteiger partial charge < -0.3 is 5.32 Å². The summed E-state index contributed by atoms with van der Waals surface area (Å²) in [6.07, 6.45) is 8.90. The molecule has 0 aromatic carbocycles. The maximum Gasteiger partial charge on any atom is 0.0187 e. The van der Waals surface area contributed by atoms with E-state index in [2.05, 4.69) is 5.32 Å². The molecule has 56 valence electrons. The van der Waals surface area contributed by atoms with Gasteiger partial charge in [0, 0.05) is 11.6 Å². The monoisotopic (exact) mass is 137 g/mol. The number of nitrogens with one attached hydrogen (secondary N) is 1. The molecular formula is C9H15N. The Morgan fingerprint density at radius 1 is 1.20 bits per heavy atom. The molecule has 0 aromatic heterocycles. The third-order valence-corrected chi connectivity index (χ3v) is 3.63. The fourth-order valence-corrected chi connectivity index (χ4v) is 3.00. The Balaban J connectivity index is 1.80. The third kappa shape index (κ3) is 0.619. The molecule has 1 heterocycles. The van der Waals surface area contributed by atoms with E-state index in [1.807, 2.05) is 0 Å². The lowest BCUT2D eigenvalue weighted by Gasteiger charge is -2.25. The van der Waals surface area contributed by atoms with Gasteiger partial charge in [-0.15, -0.1) is 0 Å². The lowest BCUT2D eigenvalue weighted by molar-refractivity contribution is 0.349. The summed E-state index contributed by atoms with van der Waals surface area (Å²) in [6.45, 7) is 0. The number of hydrogen-bond acceptors (Lipinski definition) is 1. The molecule has 1 nitrogen and oxygen atoms in total. The number of hydrogen-bond donors (Lipinski definition) is 1. The quantitative estimate of drug-likeness (QED) is 0.535. The molecule has 2 unspecified atom stereocenters. The standard InChI is InChI=1S/C9H15N/c1-2-4-9(3-1)6-7-5-8(7)10-9/h7-8,10H,1-6H2. The summed E-state index contributed by atoms with van der Waals surface area (Å²) in [6, 6.07) is 0.957. The molecule has 3 fully saturated rings. The highest BCUT2D eigenvalue weighted by Gasteiger charge is 2.53. The minimum atomic E-state index is 0.660. The van der Waals surface area contributed by atoms with Gasteiger partial charge in [-0.2, -0.15) is 0 Å². The summed E-state index contributed by atoms with van der Waals surface area (Å²) in [4.78, 5) is 0. The van der Waals surface area contributed by atoms with E-state index in [9.17, 15) is 0 Å². The lowest BCUT2D eigenvalue weighted by Crippen LogP contribution is -2.39. The van der Waals surface area contributed by atoms with E-state index in [4.69, 9.17) is 0 Å². The van der Waals surface area contributed by atoms with Gasteiger partial charge in [-0.05, 0) is 31.6 Å². The van der Waals surface area contributed by atoms with Crippen LogP contribution in [0.15, 0.2) is 0 Å². The van der Waals surface area contributed by atoms with Gasteiger partial charge in [-0.1, -0.05) is 12.8 Å². The summed E-state index contributed by atoms with van der Waals surface area (Å²) in [5, 5.41) is 3.80. The predicted molar refractivity (Wildman–Crippen MR) is 40.8 cm³/mol. The van der Waals surface area contributed by atoms with E-state index in [0.29, 0.717) is 5.54 Å². The predicted octanol–water partition coefficient (Wildman–Crippen LogP) is 1.68. The van der Waals surface area contributed by atoms with Crippen LogP contribution >= 0.6 is 0 Å². The number of piperidine rings is 1. The van der Waals surface area contributed by atoms with E-state index in [1.54, 1.807) is 0 Å². The summed E-state index contributed by atoms with van der Waals surface area (Å²) in [7, 11) is 0. The first-order valence-electron chi connectivity index (χ1n) is 4.66. The average molecular weight is 137 g/mol. The van der Waals surface area contributed by atoms with Crippen LogP contribution < -0.4 is 5.32 Å². The SMILES string of the molecule is C1CCC2(C1)CC1CC1N2. The van der Waals surface area contributed by atoms with E-state index in [-0.39, 0.29) is 0 Å². The highest BCUT2D eigenvalue weighted by Crippen LogP contribution is 2.51. The summed E-state index contributed by atoms with van der Waals surface area (Å²) in [5.74, 6) is 1.10. The fourth-order valence-electron chi connectivity index (χ4n) is 3.00. The van der Waals surface area contributed by atoms with Crippen LogP contribution in [0, 0.1) is 5.92 Å². The van der Waals surface area contributed by atoms with Gasteiger partial charge in [0.15, 0.2) is 0 Å². The normalized spacial score (nSPS) is 48.0. The second-order valence-corrected chi connectivity index (χ2v) is 4.44. The molecule has 1 aliphatic heterocycles. The van der Waals surface area contributed by atoms with Crippen molar-refractivity contribution in [3.63, 3.8) is 0 Å². The van der Waals surface area contributed by atoms with Gasteiger partial charge in [0.2, 0.25) is 0 Å². The van der Waals surface area contributed by atoms with E-state index in [1.165, 1.54) is 38.5 Å². The van der Waals surface area contributed by atoms with Crippen molar-refractivity contribution in [1.29, 1.82) is 0 Å². The average Bonchev–Trinajstić information content (AvgIpc) is 2.45. The maximum atomic E-state index is 3.80. The van der Waals surface area contributed by atoms with Crippen molar-refractivity contribution < 1.29 is 0 Å². The highest BCUT2D eigenvalue weighted by atomic mass is 15.1. The van der Waals surface area contributed by atoms with Gasteiger partial charge >= 0.3 is 0 Å². The molecule has 2 saturated carbocycles. The summed E-state index contributed by atoms with van der Waals surface area (Å²) in [5.41, 5.74) is 0.660. The van der Waals surface area contributed by atoms with Gasteiger partial charge in [-0.3, -0.25) is 0 Å². The molecule has 0 aromatic rings. The minimum absolute atomic E-state index is 0.660. The topological polar surface area (TPSA) is 12.0 Å². The molecular weight excluding hydrogens is 122 g/mol. The molecule has 3 aliphatic rings. The van der Waals surface area contributed by atoms with Crippen LogP contribution in [0.3, 0.4) is 0 Å². The van der Waals surface area contributed by atoms with Gasteiger partial charge in [0.05, 0.1) is 0 Å². The Hall–Kier alpha value is -0.0400. The Kier molecular flexibility index (Phi) is 0.883. The van der Waals surface area contributed by atoms with Crippen molar-refractivity contribution in [2.24, 2.45) is 5.92 Å². The van der Waals surface area contributed by atoms with Crippen molar-refractivity contribution in [3.05, 3.63) is 0 Å². The van der Waals surface area contributed by atoms with E-state index >= 15 is 0 Å². The van der Waals surface area contributed by atoms with Crippen LogP contribution in [0.25, 0.3) is 0 Å². The Morgan fingerprint density at radius 3 is 2.60 bits per heavy atom. The van der Waals surface area contributed by atoms with Crippen molar-refractivity contribution in [1.82, 2.24) is 5.32 Å². The number of fused-ring (bicyclic) bond motifs is 1. The zero-order valence-corrected chi connectivity index (χ0v) is 6.40. The minimum Gasteiger partial charge on any atom is -0.308 e. The smallest absolute Gasteiger partial charge is 0.0187 e. The molecule has 2 aliphatic carbocycles. The molecule has 0 bridgehead atoms. The molecule has 1 spiro atoms. The van der Waals surface area contributed by atoms with Gasteiger partial charge in [0.25, 0.3) is 0 Å². The first-order valence-corrected chi connectivity index (χ1v) is 4.66. The second kappa shape index (κ2) is 1.58. The maximum absolute atomic E-state index is 3.80. The highest BCUT2D eigenvalue weighted by molar-refractivity contribution is 5.12. The summed E-state index contributed by atoms with van der Waals surface area (Å²) < 4.78 is 0. The van der Waals surface area contributed by atoms with Crippen molar-refractivity contribution in [2.75, 3.05) is 0 Å². The first-order chi connectivity index (χ1) is 4.88. The first kappa shape index (κ1) is 5.59. The van der Waals surface area contributed by atoms with Crippen molar-refractivity contribution in [2.45, 2.75) is 50.1 Å². The van der Waals surface area contributed by atoms with Crippen LogP contribution in [-0.2, 0) is 0 Å². The molecule has 1 saturated heterocycles. The zero-order valence-electron chi connectivity index (χ0n) is 6.40. The largest absolute Gasteiger partial charge is 0.308 e. The second-order valence-electron chi connectivity index (χ2n) is 4.44. The molecule has 1 heteroatoms. The fraction of sp³-hybridized carbons (Fsp3) is 1.00. The molecule has 3 rings (SSSR count).